The van der Waals surface area contributed by atoms with Gasteiger partial charge >= 0.3 is 5.97 Å². The molecular weight excluding hydrogens is 294 g/mol. The van der Waals surface area contributed by atoms with Crippen molar-refractivity contribution < 1.29 is 14.3 Å². The van der Waals surface area contributed by atoms with E-state index in [2.05, 4.69) is 17.4 Å². The van der Waals surface area contributed by atoms with Gasteiger partial charge in [0, 0.05) is 31.7 Å². The predicted octanol–water partition coefficient (Wildman–Crippen LogP) is 0.943. The first kappa shape index (κ1) is 17.6. The topological polar surface area (TPSA) is 61.9 Å². The van der Waals surface area contributed by atoms with Crippen LogP contribution >= 0.6 is 0 Å². The Morgan fingerprint density at radius 1 is 1.17 bits per heavy atom. The van der Waals surface area contributed by atoms with Crippen LogP contribution in [0.15, 0.2) is 30.3 Å². The number of hydrogen-bond acceptors (Lipinski definition) is 6. The van der Waals surface area contributed by atoms with Crippen LogP contribution in [0.1, 0.15) is 23.7 Å². The summed E-state index contributed by atoms with van der Waals surface area (Å²) < 4.78 is 5.01. The average molecular weight is 319 g/mol. The van der Waals surface area contributed by atoms with Crippen LogP contribution < -0.4 is 5.43 Å². The molecule has 23 heavy (non-hydrogen) atoms. The number of carbonyl (C=O) groups is 2. The molecule has 6 nitrogen and oxygen atoms in total. The molecule has 0 saturated carbocycles. The Balaban J connectivity index is 2.05. The second kappa shape index (κ2) is 8.76. The molecule has 126 valence electrons. The van der Waals surface area contributed by atoms with Crippen LogP contribution in [-0.4, -0.2) is 67.5 Å². The molecule has 0 aromatic heterocycles. The summed E-state index contributed by atoms with van der Waals surface area (Å²) in [7, 11) is 2.07. The molecule has 0 amide bonds. The fourth-order valence-electron chi connectivity index (χ4n) is 2.54. The second-order valence-corrected chi connectivity index (χ2v) is 5.71. The number of benzene rings is 1. The number of nitrogens with one attached hydrogen (secondary N) is 1. The molecule has 0 bridgehead atoms. The van der Waals surface area contributed by atoms with Crippen molar-refractivity contribution >= 4 is 11.8 Å². The summed E-state index contributed by atoms with van der Waals surface area (Å²) in [6.45, 7) is 5.58. The molecule has 1 aliphatic heterocycles. The lowest BCUT2D eigenvalue weighted by Gasteiger charge is -2.34. The zero-order valence-electron chi connectivity index (χ0n) is 13.8. The number of hydrogen-bond donors (Lipinski definition) is 1. The van der Waals surface area contributed by atoms with Crippen LogP contribution in [0.5, 0.6) is 0 Å². The molecule has 1 saturated heterocycles. The van der Waals surface area contributed by atoms with E-state index >= 15 is 0 Å². The summed E-state index contributed by atoms with van der Waals surface area (Å²) in [6.07, 6.45) is 0.0356. The number of esters is 1. The summed E-state index contributed by atoms with van der Waals surface area (Å²) >= 11 is 0. The number of rotatable bonds is 7. The maximum atomic E-state index is 12.7. The van der Waals surface area contributed by atoms with Crippen molar-refractivity contribution in [1.82, 2.24) is 15.3 Å². The molecule has 1 atom stereocenters. The third kappa shape index (κ3) is 5.42. The third-order valence-electron chi connectivity index (χ3n) is 3.89. The molecule has 1 aromatic rings. The molecular formula is C17H25N3O3. The maximum Gasteiger partial charge on any atom is 0.307 e. The van der Waals surface area contributed by atoms with Gasteiger partial charge in [-0.2, -0.15) is 0 Å². The minimum atomic E-state index is -0.597. The first-order valence-corrected chi connectivity index (χ1v) is 8.04. The Kier molecular flexibility index (Phi) is 6.70. The fraction of sp³-hybridized carbons (Fsp3) is 0.529. The van der Waals surface area contributed by atoms with Crippen molar-refractivity contribution in [3.63, 3.8) is 0 Å². The third-order valence-corrected chi connectivity index (χ3v) is 3.89. The highest BCUT2D eigenvalue weighted by molar-refractivity contribution is 6.01. The van der Waals surface area contributed by atoms with Crippen LogP contribution in [0.25, 0.3) is 0 Å². The van der Waals surface area contributed by atoms with Gasteiger partial charge in [-0.1, -0.05) is 30.3 Å². The summed E-state index contributed by atoms with van der Waals surface area (Å²) in [5, 5.41) is 2.02. The molecule has 1 heterocycles. The largest absolute Gasteiger partial charge is 0.466 e. The Morgan fingerprint density at radius 2 is 1.83 bits per heavy atom. The van der Waals surface area contributed by atoms with Crippen LogP contribution in [-0.2, 0) is 9.53 Å². The number of nitrogens with zero attached hydrogens (tertiary/aromatic N) is 2. The number of ether oxygens (including phenoxy) is 1. The standard InChI is InChI=1S/C17H25N3O3/c1-3-23-16(21)13-15(17(22)14-7-5-4-6-8-14)18-20-11-9-19(2)10-12-20/h4-8,15,18H,3,9-13H2,1-2H3. The monoisotopic (exact) mass is 319 g/mol. The van der Waals surface area contributed by atoms with Crippen molar-refractivity contribution in [2.45, 2.75) is 19.4 Å². The van der Waals surface area contributed by atoms with E-state index in [9.17, 15) is 9.59 Å². The van der Waals surface area contributed by atoms with Gasteiger partial charge in [-0.25, -0.2) is 10.4 Å². The van der Waals surface area contributed by atoms with Gasteiger partial charge in [-0.05, 0) is 14.0 Å². The van der Waals surface area contributed by atoms with E-state index < -0.39 is 6.04 Å². The number of ketones is 1. The number of piperazine rings is 1. The van der Waals surface area contributed by atoms with Crippen LogP contribution in [0.4, 0.5) is 0 Å². The number of likely N-dealkylation sites (N-methyl/N-ethyl adjacent to an activating group) is 1. The molecule has 1 aliphatic rings. The molecule has 2 rings (SSSR count). The molecule has 1 N–H and O–H groups in total. The molecule has 0 spiro atoms. The summed E-state index contributed by atoms with van der Waals surface area (Å²) in [4.78, 5) is 26.8. The van der Waals surface area contributed by atoms with E-state index in [4.69, 9.17) is 4.74 Å². The van der Waals surface area contributed by atoms with Gasteiger partial charge in [0.25, 0.3) is 0 Å². The lowest BCUT2D eigenvalue weighted by atomic mass is 10.0. The lowest BCUT2D eigenvalue weighted by molar-refractivity contribution is -0.143. The summed E-state index contributed by atoms with van der Waals surface area (Å²) in [5.74, 6) is -0.444. The highest BCUT2D eigenvalue weighted by atomic mass is 16.5. The Labute approximate surface area is 137 Å². The first-order valence-electron chi connectivity index (χ1n) is 8.04. The molecule has 0 radical (unpaired) electrons. The van der Waals surface area contributed by atoms with Gasteiger partial charge in [-0.15, -0.1) is 0 Å². The zero-order chi connectivity index (χ0) is 16.7. The van der Waals surface area contributed by atoms with E-state index in [0.717, 1.165) is 26.2 Å². The Bertz CT molecular complexity index is 513. The van der Waals surface area contributed by atoms with Crippen LogP contribution in [0, 0.1) is 0 Å². The number of hydrazine groups is 1. The SMILES string of the molecule is CCOC(=O)CC(NN1CCN(C)CC1)C(=O)c1ccccc1. The zero-order valence-corrected chi connectivity index (χ0v) is 13.8. The Morgan fingerprint density at radius 3 is 2.43 bits per heavy atom. The van der Waals surface area contributed by atoms with E-state index in [1.807, 2.05) is 23.2 Å². The van der Waals surface area contributed by atoms with Gasteiger partial charge < -0.3 is 9.64 Å². The minimum absolute atomic E-state index is 0.0356. The van der Waals surface area contributed by atoms with Gasteiger partial charge in [0.15, 0.2) is 5.78 Å². The second-order valence-electron chi connectivity index (χ2n) is 5.71. The highest BCUT2D eigenvalue weighted by Crippen LogP contribution is 2.09. The van der Waals surface area contributed by atoms with Crippen molar-refractivity contribution in [3.8, 4) is 0 Å². The van der Waals surface area contributed by atoms with E-state index in [-0.39, 0.29) is 18.2 Å². The molecule has 1 fully saturated rings. The van der Waals surface area contributed by atoms with E-state index in [0.29, 0.717) is 12.2 Å². The van der Waals surface area contributed by atoms with Gasteiger partial charge in [0.05, 0.1) is 19.1 Å². The van der Waals surface area contributed by atoms with Crippen LogP contribution in [0.2, 0.25) is 0 Å². The maximum absolute atomic E-state index is 12.7. The number of carbonyl (C=O) groups excluding carboxylic acids is 2. The fourth-order valence-corrected chi connectivity index (χ4v) is 2.54. The quantitative estimate of drug-likeness (QED) is 0.596. The molecule has 0 aliphatic carbocycles. The summed E-state index contributed by atoms with van der Waals surface area (Å²) in [6, 6.07) is 8.46. The Hall–Kier alpha value is -1.76. The smallest absolute Gasteiger partial charge is 0.307 e. The van der Waals surface area contributed by atoms with Crippen molar-refractivity contribution in [2.24, 2.45) is 0 Å². The molecule has 1 aromatic carbocycles. The van der Waals surface area contributed by atoms with E-state index in [1.165, 1.54) is 0 Å². The van der Waals surface area contributed by atoms with Gasteiger partial charge in [-0.3, -0.25) is 9.59 Å². The average Bonchev–Trinajstić information content (AvgIpc) is 2.56. The molecule has 1 unspecified atom stereocenters. The van der Waals surface area contributed by atoms with Crippen molar-refractivity contribution in [3.05, 3.63) is 35.9 Å². The van der Waals surface area contributed by atoms with Crippen LogP contribution in [0.3, 0.4) is 0 Å². The number of Topliss-reactive ketones (excluding diaryl/α,β-unsaturated/α-hetero) is 1. The normalized spacial score (nSPS) is 17.7. The first-order chi connectivity index (χ1) is 11.1. The lowest BCUT2D eigenvalue weighted by Crippen LogP contribution is -2.56. The van der Waals surface area contributed by atoms with Gasteiger partial charge in [0.2, 0.25) is 0 Å². The van der Waals surface area contributed by atoms with Gasteiger partial charge in [0.1, 0.15) is 0 Å². The minimum Gasteiger partial charge on any atom is -0.466 e. The summed E-state index contributed by atoms with van der Waals surface area (Å²) in [5.41, 5.74) is 3.82. The predicted molar refractivity (Wildman–Crippen MR) is 88.0 cm³/mol. The highest BCUT2D eigenvalue weighted by Gasteiger charge is 2.26. The van der Waals surface area contributed by atoms with Crippen molar-refractivity contribution in [1.29, 1.82) is 0 Å². The van der Waals surface area contributed by atoms with E-state index in [1.54, 1.807) is 19.1 Å². The molecule has 6 heteroatoms. The van der Waals surface area contributed by atoms with Crippen molar-refractivity contribution in [2.75, 3.05) is 39.8 Å².